The van der Waals surface area contributed by atoms with Gasteiger partial charge in [-0.3, -0.25) is 4.79 Å². The van der Waals surface area contributed by atoms with Crippen molar-refractivity contribution in [1.29, 1.82) is 0 Å². The molecule has 116 valence electrons. The summed E-state index contributed by atoms with van der Waals surface area (Å²) < 4.78 is 4.78. The predicted octanol–water partition coefficient (Wildman–Crippen LogP) is 2.63. The summed E-state index contributed by atoms with van der Waals surface area (Å²) in [6, 6.07) is 5.38. The molecule has 22 heavy (non-hydrogen) atoms. The number of pyridine rings is 1. The molecule has 0 aliphatic heterocycles. The first-order valence-electron chi connectivity index (χ1n) is 7.02. The van der Waals surface area contributed by atoms with Crippen LogP contribution < -0.4 is 5.32 Å². The summed E-state index contributed by atoms with van der Waals surface area (Å²) in [5, 5.41) is 2.73. The topological polar surface area (TPSA) is 84.1 Å². The second kappa shape index (κ2) is 6.43. The third-order valence-electron chi connectivity index (χ3n) is 3.43. The standard InChI is InChI=1S/C16H19N3O3/c1-5-11-13(16(21)22-4)10(3)14(18-11)15(20)19-12-8-6-7-9(2)17-12/h6-8,18H,5H2,1-4H3,(H,17,19,20). The number of esters is 1. The van der Waals surface area contributed by atoms with E-state index in [4.69, 9.17) is 4.74 Å². The monoisotopic (exact) mass is 301 g/mol. The van der Waals surface area contributed by atoms with Crippen LogP contribution in [0.25, 0.3) is 0 Å². The number of nitrogens with one attached hydrogen (secondary N) is 2. The number of ether oxygens (including phenoxy) is 1. The molecule has 0 saturated carbocycles. The van der Waals surface area contributed by atoms with Crippen molar-refractivity contribution in [2.75, 3.05) is 12.4 Å². The largest absolute Gasteiger partial charge is 0.465 e. The summed E-state index contributed by atoms with van der Waals surface area (Å²) in [5.41, 5.74) is 2.85. The van der Waals surface area contributed by atoms with Crippen LogP contribution in [0.3, 0.4) is 0 Å². The summed E-state index contributed by atoms with van der Waals surface area (Å²) in [6.45, 7) is 5.47. The zero-order valence-electron chi connectivity index (χ0n) is 13.1. The lowest BCUT2D eigenvalue weighted by Crippen LogP contribution is -2.15. The Balaban J connectivity index is 2.34. The fourth-order valence-corrected chi connectivity index (χ4v) is 2.32. The van der Waals surface area contributed by atoms with Crippen LogP contribution in [-0.4, -0.2) is 29.0 Å². The molecule has 2 heterocycles. The lowest BCUT2D eigenvalue weighted by molar-refractivity contribution is 0.0599. The SMILES string of the molecule is CCc1[nH]c(C(=O)Nc2cccc(C)n2)c(C)c1C(=O)OC. The predicted molar refractivity (Wildman–Crippen MR) is 83.2 cm³/mol. The Morgan fingerprint density at radius 3 is 2.64 bits per heavy atom. The Labute approximate surface area is 128 Å². The maximum absolute atomic E-state index is 12.4. The number of carbonyl (C=O) groups excluding carboxylic acids is 2. The molecule has 0 spiro atoms. The zero-order valence-corrected chi connectivity index (χ0v) is 13.1. The van der Waals surface area contributed by atoms with E-state index in [1.165, 1.54) is 7.11 Å². The maximum atomic E-state index is 12.4. The number of nitrogens with zero attached hydrogens (tertiary/aromatic N) is 1. The molecule has 1 amide bonds. The summed E-state index contributed by atoms with van der Waals surface area (Å²) in [7, 11) is 1.32. The second-order valence-electron chi connectivity index (χ2n) is 4.94. The molecule has 0 aromatic carbocycles. The molecule has 2 N–H and O–H groups in total. The highest BCUT2D eigenvalue weighted by Crippen LogP contribution is 2.21. The van der Waals surface area contributed by atoms with Gasteiger partial charge in [0.15, 0.2) is 0 Å². The van der Waals surface area contributed by atoms with Crippen LogP contribution in [0.1, 0.15) is 44.7 Å². The van der Waals surface area contributed by atoms with Gasteiger partial charge in [-0.2, -0.15) is 0 Å². The van der Waals surface area contributed by atoms with Gasteiger partial charge in [0.1, 0.15) is 11.5 Å². The highest BCUT2D eigenvalue weighted by molar-refractivity contribution is 6.06. The van der Waals surface area contributed by atoms with Crippen molar-refractivity contribution in [3.8, 4) is 0 Å². The van der Waals surface area contributed by atoms with E-state index in [2.05, 4.69) is 15.3 Å². The average Bonchev–Trinajstić information content (AvgIpc) is 2.83. The van der Waals surface area contributed by atoms with Crippen LogP contribution in [0.2, 0.25) is 0 Å². The maximum Gasteiger partial charge on any atom is 0.339 e. The third-order valence-corrected chi connectivity index (χ3v) is 3.43. The number of hydrogen-bond acceptors (Lipinski definition) is 4. The highest BCUT2D eigenvalue weighted by atomic mass is 16.5. The van der Waals surface area contributed by atoms with E-state index in [0.717, 1.165) is 5.69 Å². The first-order chi connectivity index (χ1) is 10.5. The number of aryl methyl sites for hydroxylation is 2. The van der Waals surface area contributed by atoms with Crippen molar-refractivity contribution in [3.63, 3.8) is 0 Å². The quantitative estimate of drug-likeness (QED) is 0.850. The normalized spacial score (nSPS) is 10.4. The molecule has 0 unspecified atom stereocenters. The summed E-state index contributed by atoms with van der Waals surface area (Å²) >= 11 is 0. The number of amides is 1. The van der Waals surface area contributed by atoms with Crippen LogP contribution in [0.5, 0.6) is 0 Å². The first kappa shape index (κ1) is 15.8. The fourth-order valence-electron chi connectivity index (χ4n) is 2.32. The second-order valence-corrected chi connectivity index (χ2v) is 4.94. The Morgan fingerprint density at radius 2 is 2.05 bits per heavy atom. The van der Waals surface area contributed by atoms with Crippen LogP contribution in [0.15, 0.2) is 18.2 Å². The molecule has 0 aliphatic carbocycles. The number of carbonyl (C=O) groups is 2. The van der Waals surface area contributed by atoms with E-state index >= 15 is 0 Å². The Morgan fingerprint density at radius 1 is 1.32 bits per heavy atom. The van der Waals surface area contributed by atoms with Crippen molar-refractivity contribution in [1.82, 2.24) is 9.97 Å². The smallest absolute Gasteiger partial charge is 0.339 e. The van der Waals surface area contributed by atoms with Crippen molar-refractivity contribution in [2.45, 2.75) is 27.2 Å². The van der Waals surface area contributed by atoms with Gasteiger partial charge in [-0.1, -0.05) is 13.0 Å². The first-order valence-corrected chi connectivity index (χ1v) is 7.02. The number of methoxy groups -OCH3 is 1. The van der Waals surface area contributed by atoms with Crippen LogP contribution in [0, 0.1) is 13.8 Å². The van der Waals surface area contributed by atoms with Crippen molar-refractivity contribution in [2.24, 2.45) is 0 Å². The van der Waals surface area contributed by atoms with Crippen LogP contribution in [0.4, 0.5) is 5.82 Å². The fraction of sp³-hybridized carbons (Fsp3) is 0.312. The van der Waals surface area contributed by atoms with E-state index in [-0.39, 0.29) is 5.91 Å². The molecule has 6 heteroatoms. The molecule has 0 fully saturated rings. The minimum atomic E-state index is -0.446. The van der Waals surface area contributed by atoms with Crippen molar-refractivity contribution >= 4 is 17.7 Å². The molecule has 6 nitrogen and oxygen atoms in total. The van der Waals surface area contributed by atoms with E-state index < -0.39 is 5.97 Å². The summed E-state index contributed by atoms with van der Waals surface area (Å²) in [6.07, 6.45) is 0.598. The molecule has 0 atom stereocenters. The van der Waals surface area contributed by atoms with E-state index in [1.54, 1.807) is 13.0 Å². The van der Waals surface area contributed by atoms with Crippen LogP contribution in [-0.2, 0) is 11.2 Å². The third kappa shape index (κ3) is 3.00. The van der Waals surface area contributed by atoms with Crippen molar-refractivity contribution in [3.05, 3.63) is 46.4 Å². The minimum absolute atomic E-state index is 0.333. The van der Waals surface area contributed by atoms with Gasteiger partial charge in [0.05, 0.1) is 12.7 Å². The number of H-pyrrole nitrogens is 1. The van der Waals surface area contributed by atoms with E-state index in [0.29, 0.717) is 34.8 Å². The molecule has 0 bridgehead atoms. The Bertz CT molecular complexity index is 719. The molecule has 2 aromatic heterocycles. The number of rotatable bonds is 4. The average molecular weight is 301 g/mol. The van der Waals surface area contributed by atoms with Crippen LogP contribution >= 0.6 is 0 Å². The highest BCUT2D eigenvalue weighted by Gasteiger charge is 2.23. The van der Waals surface area contributed by atoms with Gasteiger partial charge in [-0.25, -0.2) is 9.78 Å². The summed E-state index contributed by atoms with van der Waals surface area (Å²) in [4.78, 5) is 31.5. The molecule has 0 aliphatic rings. The van der Waals surface area contributed by atoms with E-state index in [1.807, 2.05) is 26.0 Å². The van der Waals surface area contributed by atoms with Gasteiger partial charge in [0.2, 0.25) is 0 Å². The van der Waals surface area contributed by atoms with Gasteiger partial charge in [-0.15, -0.1) is 0 Å². The summed E-state index contributed by atoms with van der Waals surface area (Å²) in [5.74, 6) is -0.310. The van der Waals surface area contributed by atoms with Gasteiger partial charge in [0.25, 0.3) is 5.91 Å². The van der Waals surface area contributed by atoms with E-state index in [9.17, 15) is 9.59 Å². The van der Waals surface area contributed by atoms with Crippen molar-refractivity contribution < 1.29 is 14.3 Å². The molecule has 0 saturated heterocycles. The zero-order chi connectivity index (χ0) is 16.3. The molecular weight excluding hydrogens is 282 g/mol. The number of aromatic nitrogens is 2. The minimum Gasteiger partial charge on any atom is -0.465 e. The van der Waals surface area contributed by atoms with Gasteiger partial charge >= 0.3 is 5.97 Å². The Hall–Kier alpha value is -2.63. The molecule has 0 radical (unpaired) electrons. The lowest BCUT2D eigenvalue weighted by atomic mass is 10.1. The number of aromatic amines is 1. The van der Waals surface area contributed by atoms with Gasteiger partial charge in [-0.05, 0) is 38.0 Å². The number of anilines is 1. The number of hydrogen-bond donors (Lipinski definition) is 2. The lowest BCUT2D eigenvalue weighted by Gasteiger charge is -2.05. The van der Waals surface area contributed by atoms with Gasteiger partial charge in [0, 0.05) is 11.4 Å². The van der Waals surface area contributed by atoms with Gasteiger partial charge < -0.3 is 15.0 Å². The molecular formula is C16H19N3O3. The molecule has 2 aromatic rings. The Kier molecular flexibility index (Phi) is 4.60. The molecule has 2 rings (SSSR count).